The SMILES string of the molecule is CCc1cc(C(=O)N2CCCCCC2C)nc2cc(-c3ccc(CC(=S)CC4CC4)cc3)nn12.CCc1cc(C(=O)N2CCCCCC2C)nc2cc(-c3ccc(CC(=S)CC4CC4)cc3F)nn12. The predicted molar refractivity (Wildman–Crippen MR) is 281 cm³/mol. The Bertz CT molecular complexity index is 2850. The van der Waals surface area contributed by atoms with Crippen LogP contribution in [0.25, 0.3) is 33.8 Å². The Balaban J connectivity index is 0.000000172. The van der Waals surface area contributed by atoms with Crippen LogP contribution in [0.3, 0.4) is 0 Å². The molecule has 4 aromatic heterocycles. The van der Waals surface area contributed by atoms with Crippen LogP contribution < -0.4 is 0 Å². The van der Waals surface area contributed by atoms with Crippen molar-refractivity contribution in [1.29, 1.82) is 0 Å². The van der Waals surface area contributed by atoms with E-state index in [0.717, 1.165) is 133 Å². The van der Waals surface area contributed by atoms with Gasteiger partial charge in [-0.3, -0.25) is 9.59 Å². The Hall–Kier alpha value is -5.27. The molecule has 2 amide bonds. The van der Waals surface area contributed by atoms with E-state index in [9.17, 15) is 9.59 Å². The van der Waals surface area contributed by atoms with Crippen molar-refractivity contribution >= 4 is 57.3 Å². The number of aryl methyl sites for hydroxylation is 2. The highest BCUT2D eigenvalue weighted by Crippen LogP contribution is 2.35. The first-order valence-corrected chi connectivity index (χ1v) is 26.6. The Morgan fingerprint density at radius 2 is 1.07 bits per heavy atom. The molecule has 0 N–H and O–H groups in total. The first kappa shape index (κ1) is 48.7. The molecule has 2 saturated carbocycles. The van der Waals surface area contributed by atoms with Gasteiger partial charge in [-0.05, 0) is 148 Å². The number of fused-ring (bicyclic) bond motifs is 2. The fourth-order valence-electron chi connectivity index (χ4n) is 10.1. The number of likely N-dealkylation sites (tertiary alicyclic amines) is 2. The van der Waals surface area contributed by atoms with Crippen LogP contribution in [-0.2, 0) is 25.7 Å². The number of carbonyl (C=O) groups is 2. The third kappa shape index (κ3) is 11.8. The summed E-state index contributed by atoms with van der Waals surface area (Å²) in [5.74, 6) is 1.28. The summed E-state index contributed by atoms with van der Waals surface area (Å²) >= 11 is 11.1. The van der Waals surface area contributed by atoms with Crippen LogP contribution in [-0.4, -0.2) is 85.7 Å². The second-order valence-corrected chi connectivity index (χ2v) is 21.4. The second kappa shape index (κ2) is 21.8. The fraction of sp³-hybridized carbons (Fsp3) is 0.500. The number of carbonyl (C=O) groups excluding carboxylic acids is 2. The summed E-state index contributed by atoms with van der Waals surface area (Å²) in [7, 11) is 0. The largest absolute Gasteiger partial charge is 0.335 e. The minimum absolute atomic E-state index is 0.0305. The number of rotatable bonds is 14. The summed E-state index contributed by atoms with van der Waals surface area (Å²) in [5.41, 5.74) is 9.19. The monoisotopic (exact) mass is 966 g/mol. The van der Waals surface area contributed by atoms with E-state index in [1.807, 2.05) is 45.5 Å². The van der Waals surface area contributed by atoms with Crippen molar-refractivity contribution in [2.24, 2.45) is 11.8 Å². The molecule has 2 aliphatic carbocycles. The lowest BCUT2D eigenvalue weighted by molar-refractivity contribution is 0.0684. The molecular weight excluding hydrogens is 900 g/mol. The molecule has 0 bridgehead atoms. The van der Waals surface area contributed by atoms with Crippen molar-refractivity contribution in [2.45, 2.75) is 155 Å². The van der Waals surface area contributed by atoms with Gasteiger partial charge < -0.3 is 9.80 Å². The fourth-order valence-corrected chi connectivity index (χ4v) is 10.9. The molecule has 10 rings (SSSR count). The van der Waals surface area contributed by atoms with Gasteiger partial charge in [-0.25, -0.2) is 23.4 Å². The van der Waals surface area contributed by atoms with Gasteiger partial charge in [-0.15, -0.1) is 0 Å². The molecule has 10 nitrogen and oxygen atoms in total. The van der Waals surface area contributed by atoms with Crippen molar-refractivity contribution in [2.75, 3.05) is 13.1 Å². The number of aromatic nitrogens is 6. The zero-order valence-electron chi connectivity index (χ0n) is 40.9. The van der Waals surface area contributed by atoms with Gasteiger partial charge in [0, 0.05) is 72.7 Å². The summed E-state index contributed by atoms with van der Waals surface area (Å²) in [6, 6.07) is 21.8. The summed E-state index contributed by atoms with van der Waals surface area (Å²) in [6.07, 6.45) is 19.1. The van der Waals surface area contributed by atoms with E-state index in [-0.39, 0.29) is 29.7 Å². The van der Waals surface area contributed by atoms with Crippen molar-refractivity contribution in [3.05, 3.63) is 106 Å². The molecule has 362 valence electrons. The summed E-state index contributed by atoms with van der Waals surface area (Å²) in [4.78, 5) is 42.3. The van der Waals surface area contributed by atoms with Gasteiger partial charge in [0.25, 0.3) is 11.8 Å². The minimum atomic E-state index is -0.312. The van der Waals surface area contributed by atoms with Crippen LogP contribution in [0.2, 0.25) is 0 Å². The molecule has 2 unspecified atom stereocenters. The Kier molecular flexibility index (Phi) is 15.4. The van der Waals surface area contributed by atoms with Crippen molar-refractivity contribution in [3.63, 3.8) is 0 Å². The number of benzene rings is 2. The lowest BCUT2D eigenvalue weighted by Crippen LogP contribution is -2.38. The van der Waals surface area contributed by atoms with E-state index in [1.165, 1.54) is 44.1 Å². The van der Waals surface area contributed by atoms with Gasteiger partial charge in [-0.2, -0.15) is 10.2 Å². The van der Waals surface area contributed by atoms with Crippen LogP contribution in [0.1, 0.15) is 161 Å². The van der Waals surface area contributed by atoms with E-state index >= 15 is 4.39 Å². The van der Waals surface area contributed by atoms with Crippen molar-refractivity contribution in [3.8, 4) is 22.5 Å². The highest BCUT2D eigenvalue weighted by molar-refractivity contribution is 7.80. The van der Waals surface area contributed by atoms with Crippen LogP contribution in [0.4, 0.5) is 4.39 Å². The molecule has 0 radical (unpaired) electrons. The molecule has 2 saturated heterocycles. The van der Waals surface area contributed by atoms with E-state index in [0.29, 0.717) is 41.1 Å². The topological polar surface area (TPSA) is 101 Å². The van der Waals surface area contributed by atoms with Crippen LogP contribution in [0.5, 0.6) is 0 Å². The average Bonchev–Trinajstić information content (AvgIpc) is 4.28. The van der Waals surface area contributed by atoms with Gasteiger partial charge in [0.15, 0.2) is 11.3 Å². The maximum Gasteiger partial charge on any atom is 0.272 e. The molecule has 4 aliphatic rings. The molecule has 2 aromatic carbocycles. The first-order valence-electron chi connectivity index (χ1n) is 25.8. The van der Waals surface area contributed by atoms with Gasteiger partial charge in [0.2, 0.25) is 0 Å². The molecule has 69 heavy (non-hydrogen) atoms. The molecule has 2 atom stereocenters. The van der Waals surface area contributed by atoms with Gasteiger partial charge in [0.1, 0.15) is 17.2 Å². The van der Waals surface area contributed by atoms with Crippen LogP contribution in [0.15, 0.2) is 66.7 Å². The number of halogens is 1. The van der Waals surface area contributed by atoms with Gasteiger partial charge in [0.05, 0.1) is 11.4 Å². The smallest absolute Gasteiger partial charge is 0.272 e. The molecule has 0 spiro atoms. The summed E-state index contributed by atoms with van der Waals surface area (Å²) in [5, 5.41) is 9.50. The lowest BCUT2D eigenvalue weighted by Gasteiger charge is -2.27. The predicted octanol–water partition coefficient (Wildman–Crippen LogP) is 12.3. The average molecular weight is 967 g/mol. The quantitative estimate of drug-likeness (QED) is 0.0995. The third-order valence-electron chi connectivity index (χ3n) is 14.6. The zero-order valence-corrected chi connectivity index (χ0v) is 42.5. The number of thiocarbonyl (C=S) groups is 2. The first-order chi connectivity index (χ1) is 33.4. The Morgan fingerprint density at radius 3 is 1.57 bits per heavy atom. The highest BCUT2D eigenvalue weighted by atomic mass is 32.1. The van der Waals surface area contributed by atoms with E-state index in [1.54, 1.807) is 22.7 Å². The zero-order chi connectivity index (χ0) is 48.2. The minimum Gasteiger partial charge on any atom is -0.335 e. The second-order valence-electron chi connectivity index (χ2n) is 20.2. The maximum atomic E-state index is 15.1. The Morgan fingerprint density at radius 1 is 0.594 bits per heavy atom. The Labute approximate surface area is 417 Å². The summed E-state index contributed by atoms with van der Waals surface area (Å²) < 4.78 is 18.7. The molecule has 13 heteroatoms. The van der Waals surface area contributed by atoms with E-state index in [2.05, 4.69) is 55.1 Å². The lowest BCUT2D eigenvalue weighted by atomic mass is 10.0. The van der Waals surface area contributed by atoms with Gasteiger partial charge in [-0.1, -0.05) is 94.3 Å². The van der Waals surface area contributed by atoms with Crippen LogP contribution in [0, 0.1) is 17.7 Å². The third-order valence-corrected chi connectivity index (χ3v) is 15.2. The molecule has 4 fully saturated rings. The molecule has 6 heterocycles. The van der Waals surface area contributed by atoms with Gasteiger partial charge >= 0.3 is 0 Å². The number of hydrogen-bond donors (Lipinski definition) is 0. The van der Waals surface area contributed by atoms with Crippen molar-refractivity contribution in [1.82, 2.24) is 39.0 Å². The van der Waals surface area contributed by atoms with Crippen LogP contribution >= 0.6 is 24.4 Å². The molecule has 2 aliphatic heterocycles. The number of hydrogen-bond acceptors (Lipinski definition) is 8. The van der Waals surface area contributed by atoms with E-state index in [4.69, 9.17) is 34.5 Å². The van der Waals surface area contributed by atoms with E-state index < -0.39 is 0 Å². The molecule has 6 aromatic rings. The maximum absolute atomic E-state index is 15.1. The highest BCUT2D eigenvalue weighted by Gasteiger charge is 2.28. The molecular formula is C56H67FN8O2S2. The summed E-state index contributed by atoms with van der Waals surface area (Å²) in [6.45, 7) is 9.97. The number of nitrogens with zero attached hydrogens (tertiary/aromatic N) is 8. The standard InChI is InChI=1S/C28H33FN4OS.C28H34N4OS/c1-3-21-16-26(28(34)32-12-6-4-5-7-18(32)2)30-27-17-25(31-33(21)27)23-11-10-20(15-24(23)29)14-22(35)13-19-8-9-19;1-3-23-17-26(28(33)31-14-6-4-5-7-19(31)2)29-27-18-25(30-32(23)27)22-12-10-21(11-13-22)16-24(34)15-20-8-9-20/h10-11,15-19H,3-9,12-14H2,1-2H3;10-13,17-20H,3-9,14-16H2,1-2H3. The normalized spacial score (nSPS) is 18.7. The van der Waals surface area contributed by atoms with Crippen molar-refractivity contribution < 1.29 is 14.0 Å². The number of amides is 2.